The van der Waals surface area contributed by atoms with Crippen LogP contribution in [0.4, 0.5) is 0 Å². The molecule has 0 radical (unpaired) electrons. The lowest BCUT2D eigenvalue weighted by atomic mass is 9.92. The predicted molar refractivity (Wildman–Crippen MR) is 91.2 cm³/mol. The smallest absolute Gasteiger partial charge is 0.243 e. The lowest BCUT2D eigenvalue weighted by Gasteiger charge is -2.31. The van der Waals surface area contributed by atoms with E-state index in [9.17, 15) is 8.42 Å². The number of benzene rings is 1. The van der Waals surface area contributed by atoms with Crippen molar-refractivity contribution in [1.29, 1.82) is 0 Å². The third kappa shape index (κ3) is 3.42. The Balaban J connectivity index is 1.74. The van der Waals surface area contributed by atoms with Crippen LogP contribution in [0, 0.1) is 6.92 Å². The second kappa shape index (κ2) is 6.59. The van der Waals surface area contributed by atoms with E-state index in [1.54, 1.807) is 34.8 Å². The van der Waals surface area contributed by atoms with Crippen LogP contribution in [-0.2, 0) is 10.0 Å². The van der Waals surface area contributed by atoms with Gasteiger partial charge < -0.3 is 0 Å². The number of aromatic nitrogens is 1. The van der Waals surface area contributed by atoms with Crippen molar-refractivity contribution in [3.8, 4) is 0 Å². The Hall–Kier alpha value is -1.43. The topological polar surface area (TPSA) is 50.3 Å². The van der Waals surface area contributed by atoms with E-state index >= 15 is 0 Å². The molecule has 0 unspecified atom stereocenters. The number of pyridine rings is 1. The second-order valence-electron chi connectivity index (χ2n) is 5.84. The normalized spacial score (nSPS) is 17.3. The van der Waals surface area contributed by atoms with E-state index in [2.05, 4.69) is 18.0 Å². The highest BCUT2D eigenvalue weighted by Crippen LogP contribution is 2.31. The number of sulfonamides is 1. The van der Waals surface area contributed by atoms with E-state index in [1.807, 2.05) is 6.07 Å². The molecule has 0 N–H and O–H groups in total. The van der Waals surface area contributed by atoms with Gasteiger partial charge in [-0.1, -0.05) is 17.7 Å². The van der Waals surface area contributed by atoms with E-state index in [-0.39, 0.29) is 0 Å². The fourth-order valence-corrected chi connectivity index (χ4v) is 4.65. The van der Waals surface area contributed by atoms with Crippen molar-refractivity contribution in [2.45, 2.75) is 30.6 Å². The number of nitrogens with zero attached hydrogens (tertiary/aromatic N) is 2. The van der Waals surface area contributed by atoms with Crippen molar-refractivity contribution in [2.75, 3.05) is 13.1 Å². The Morgan fingerprint density at radius 1 is 1.13 bits per heavy atom. The van der Waals surface area contributed by atoms with Crippen LogP contribution in [0.25, 0.3) is 0 Å². The minimum atomic E-state index is -3.44. The summed E-state index contributed by atoms with van der Waals surface area (Å²) in [5.41, 5.74) is 2.27. The van der Waals surface area contributed by atoms with Gasteiger partial charge in [-0.25, -0.2) is 8.42 Å². The summed E-state index contributed by atoms with van der Waals surface area (Å²) in [6.45, 7) is 3.09. The summed E-state index contributed by atoms with van der Waals surface area (Å²) in [5, 5.41) is 0.535. The average molecular weight is 351 g/mol. The summed E-state index contributed by atoms with van der Waals surface area (Å²) in [6, 6.07) is 10.3. The minimum absolute atomic E-state index is 0.300. The summed E-state index contributed by atoms with van der Waals surface area (Å²) in [5.74, 6) is 0.327. The summed E-state index contributed by atoms with van der Waals surface area (Å²) >= 11 is 5.83. The quantitative estimate of drug-likeness (QED) is 0.849. The van der Waals surface area contributed by atoms with Crippen LogP contribution in [0.5, 0.6) is 0 Å². The molecule has 1 saturated heterocycles. The molecule has 2 aromatic rings. The monoisotopic (exact) mass is 350 g/mol. The molecule has 1 aromatic carbocycles. The van der Waals surface area contributed by atoms with Crippen molar-refractivity contribution in [3.05, 3.63) is 58.9 Å². The zero-order chi connectivity index (χ0) is 16.4. The first kappa shape index (κ1) is 16.4. The molecule has 0 aliphatic carbocycles. The minimum Gasteiger partial charge on any atom is -0.261 e. The molecule has 1 aromatic heterocycles. The SMILES string of the molecule is Cc1cccnc1C1CCN(S(=O)(=O)c2ccc(Cl)cc2)CC1. The van der Waals surface area contributed by atoms with Crippen molar-refractivity contribution in [1.82, 2.24) is 9.29 Å². The van der Waals surface area contributed by atoms with Gasteiger partial charge in [0.15, 0.2) is 0 Å². The van der Waals surface area contributed by atoms with Gasteiger partial charge in [0.1, 0.15) is 0 Å². The van der Waals surface area contributed by atoms with Gasteiger partial charge in [0.05, 0.1) is 4.90 Å². The van der Waals surface area contributed by atoms with Gasteiger partial charge in [-0.15, -0.1) is 0 Å². The Bertz CT molecular complexity index is 782. The summed E-state index contributed by atoms with van der Waals surface area (Å²) in [6.07, 6.45) is 3.40. The molecule has 4 nitrogen and oxygen atoms in total. The molecule has 0 saturated carbocycles. The van der Waals surface area contributed by atoms with E-state index in [0.717, 1.165) is 18.5 Å². The molecule has 0 bridgehead atoms. The number of piperidine rings is 1. The maximum Gasteiger partial charge on any atom is 0.243 e. The van der Waals surface area contributed by atoms with Gasteiger partial charge in [-0.2, -0.15) is 4.31 Å². The van der Waals surface area contributed by atoms with Gasteiger partial charge in [0, 0.05) is 35.9 Å². The molecule has 2 heterocycles. The van der Waals surface area contributed by atoms with Gasteiger partial charge in [0.25, 0.3) is 0 Å². The lowest BCUT2D eigenvalue weighted by molar-refractivity contribution is 0.316. The predicted octanol–water partition coefficient (Wildman–Crippen LogP) is 3.61. The summed E-state index contributed by atoms with van der Waals surface area (Å²) < 4.78 is 26.9. The molecule has 0 atom stereocenters. The van der Waals surface area contributed by atoms with Crippen LogP contribution >= 0.6 is 11.6 Å². The third-order valence-electron chi connectivity index (χ3n) is 4.34. The van der Waals surface area contributed by atoms with Crippen molar-refractivity contribution in [3.63, 3.8) is 0 Å². The Labute approximate surface area is 142 Å². The van der Waals surface area contributed by atoms with Gasteiger partial charge >= 0.3 is 0 Å². The Morgan fingerprint density at radius 3 is 2.39 bits per heavy atom. The standard InChI is InChI=1S/C17H19ClN2O2S/c1-13-3-2-10-19-17(13)14-8-11-20(12-9-14)23(21,22)16-6-4-15(18)5-7-16/h2-7,10,14H,8-9,11-12H2,1H3. The highest BCUT2D eigenvalue weighted by atomic mass is 35.5. The number of hydrogen-bond donors (Lipinski definition) is 0. The Morgan fingerprint density at radius 2 is 1.78 bits per heavy atom. The van der Waals surface area contributed by atoms with Crippen LogP contribution in [0.3, 0.4) is 0 Å². The molecule has 0 amide bonds. The lowest BCUT2D eigenvalue weighted by Crippen LogP contribution is -2.38. The first-order valence-corrected chi connectivity index (χ1v) is 9.47. The summed E-state index contributed by atoms with van der Waals surface area (Å²) in [7, 11) is -3.44. The van der Waals surface area contributed by atoms with Crippen molar-refractivity contribution in [2.24, 2.45) is 0 Å². The number of rotatable bonds is 3. The molecule has 1 aliphatic heterocycles. The van der Waals surface area contributed by atoms with Gasteiger partial charge in [-0.05, 0) is 55.7 Å². The van der Waals surface area contributed by atoms with E-state index in [4.69, 9.17) is 11.6 Å². The molecule has 0 spiro atoms. The fourth-order valence-electron chi connectivity index (χ4n) is 3.05. The number of aryl methyl sites for hydroxylation is 1. The largest absolute Gasteiger partial charge is 0.261 e. The first-order chi connectivity index (χ1) is 11.0. The third-order valence-corrected chi connectivity index (χ3v) is 6.51. The van der Waals surface area contributed by atoms with Gasteiger partial charge in [0.2, 0.25) is 10.0 Å². The fraction of sp³-hybridized carbons (Fsp3) is 0.353. The van der Waals surface area contributed by atoms with Crippen LogP contribution in [0.2, 0.25) is 5.02 Å². The van der Waals surface area contributed by atoms with E-state index in [0.29, 0.717) is 28.9 Å². The molecule has 6 heteroatoms. The Kier molecular flexibility index (Phi) is 4.71. The molecule has 3 rings (SSSR count). The second-order valence-corrected chi connectivity index (χ2v) is 8.21. The van der Waals surface area contributed by atoms with E-state index < -0.39 is 10.0 Å². The zero-order valence-electron chi connectivity index (χ0n) is 12.9. The maximum atomic E-state index is 12.7. The van der Waals surface area contributed by atoms with E-state index in [1.165, 1.54) is 5.56 Å². The highest BCUT2D eigenvalue weighted by Gasteiger charge is 2.30. The van der Waals surface area contributed by atoms with Crippen LogP contribution in [0.15, 0.2) is 47.5 Å². The molecular formula is C17H19ClN2O2S. The molecular weight excluding hydrogens is 332 g/mol. The molecule has 23 heavy (non-hydrogen) atoms. The summed E-state index contributed by atoms with van der Waals surface area (Å²) in [4.78, 5) is 4.77. The zero-order valence-corrected chi connectivity index (χ0v) is 14.5. The molecule has 1 fully saturated rings. The number of hydrogen-bond acceptors (Lipinski definition) is 3. The van der Waals surface area contributed by atoms with Crippen LogP contribution < -0.4 is 0 Å². The van der Waals surface area contributed by atoms with Crippen molar-refractivity contribution >= 4 is 21.6 Å². The van der Waals surface area contributed by atoms with Crippen LogP contribution in [-0.4, -0.2) is 30.8 Å². The van der Waals surface area contributed by atoms with Crippen LogP contribution in [0.1, 0.15) is 30.0 Å². The molecule has 122 valence electrons. The average Bonchev–Trinajstić information content (AvgIpc) is 2.56. The maximum absolute atomic E-state index is 12.7. The number of halogens is 1. The van der Waals surface area contributed by atoms with Gasteiger partial charge in [-0.3, -0.25) is 4.98 Å². The van der Waals surface area contributed by atoms with Crippen molar-refractivity contribution < 1.29 is 8.42 Å². The first-order valence-electron chi connectivity index (χ1n) is 7.66. The molecule has 1 aliphatic rings. The highest BCUT2D eigenvalue weighted by molar-refractivity contribution is 7.89.